The van der Waals surface area contributed by atoms with Gasteiger partial charge >= 0.3 is 0 Å². The predicted octanol–water partition coefficient (Wildman–Crippen LogP) is 3.45. The molecule has 0 bridgehead atoms. The molecule has 0 spiro atoms. The lowest BCUT2D eigenvalue weighted by Gasteiger charge is -2.36. The normalized spacial score (nSPS) is 42.0. The fourth-order valence-electron chi connectivity index (χ4n) is 4.50. The number of allylic oxidation sites excluding steroid dienone is 2. The second kappa shape index (κ2) is 6.80. The molecule has 3 aliphatic rings. The van der Waals surface area contributed by atoms with E-state index >= 15 is 0 Å². The Morgan fingerprint density at radius 3 is 2.67 bits per heavy atom. The minimum absolute atomic E-state index is 0.00846. The highest BCUT2D eigenvalue weighted by Crippen LogP contribution is 2.39. The van der Waals surface area contributed by atoms with E-state index in [1.807, 2.05) is 0 Å². The molecule has 5 atom stereocenters. The van der Waals surface area contributed by atoms with Crippen molar-refractivity contribution < 1.29 is 9.47 Å². The summed E-state index contributed by atoms with van der Waals surface area (Å²) in [6.07, 6.45) is 7.97. The van der Waals surface area contributed by atoms with Gasteiger partial charge in [0.05, 0.1) is 12.7 Å². The monoisotopic (exact) mass is 293 g/mol. The maximum absolute atomic E-state index is 6.29. The molecule has 3 nitrogen and oxygen atoms in total. The molecule has 0 amide bonds. The third-order valence-electron chi connectivity index (χ3n) is 5.45. The number of hydrogen-bond donors (Lipinski definition) is 0. The Bertz CT molecular complexity index is 375. The van der Waals surface area contributed by atoms with Crippen LogP contribution in [0, 0.1) is 17.8 Å². The number of nitrogens with zero attached hydrogens (tertiary/aromatic N) is 1. The standard InChI is InChI=1S/C18H31NO2/c1-13-9-14(2)17(15(3)10-13)18-20-12-16(21-18)11-19-7-5-4-6-8-19/h9,14-18H,4-8,10-12H2,1-3H3/t14-,15+,16-,17+,18+/m0/s1. The van der Waals surface area contributed by atoms with Crippen LogP contribution in [0.3, 0.4) is 0 Å². The van der Waals surface area contributed by atoms with Crippen LogP contribution in [0.25, 0.3) is 0 Å². The highest BCUT2D eigenvalue weighted by molar-refractivity contribution is 5.09. The first-order valence-corrected chi connectivity index (χ1v) is 8.80. The highest BCUT2D eigenvalue weighted by atomic mass is 16.7. The van der Waals surface area contributed by atoms with Crippen LogP contribution in [0.4, 0.5) is 0 Å². The van der Waals surface area contributed by atoms with Crippen LogP contribution in [0.2, 0.25) is 0 Å². The number of hydrogen-bond acceptors (Lipinski definition) is 3. The molecule has 0 N–H and O–H groups in total. The van der Waals surface area contributed by atoms with Crippen LogP contribution in [0.5, 0.6) is 0 Å². The minimum Gasteiger partial charge on any atom is -0.350 e. The lowest BCUT2D eigenvalue weighted by Crippen LogP contribution is -2.39. The van der Waals surface area contributed by atoms with Crippen molar-refractivity contribution in [2.75, 3.05) is 26.2 Å². The minimum atomic E-state index is 0.00846. The first-order chi connectivity index (χ1) is 10.1. The fourth-order valence-corrected chi connectivity index (χ4v) is 4.50. The van der Waals surface area contributed by atoms with E-state index in [-0.39, 0.29) is 12.4 Å². The van der Waals surface area contributed by atoms with Crippen LogP contribution in [0.15, 0.2) is 11.6 Å². The summed E-state index contributed by atoms with van der Waals surface area (Å²) in [7, 11) is 0. The Kier molecular flexibility index (Phi) is 5.03. The molecular weight excluding hydrogens is 262 g/mol. The number of likely N-dealkylation sites (tertiary alicyclic amines) is 1. The third kappa shape index (κ3) is 3.69. The molecule has 2 heterocycles. The molecule has 21 heavy (non-hydrogen) atoms. The van der Waals surface area contributed by atoms with E-state index in [1.165, 1.54) is 44.3 Å². The zero-order chi connectivity index (χ0) is 14.8. The van der Waals surface area contributed by atoms with Gasteiger partial charge in [-0.3, -0.25) is 0 Å². The summed E-state index contributed by atoms with van der Waals surface area (Å²) in [5.41, 5.74) is 1.52. The van der Waals surface area contributed by atoms with E-state index in [9.17, 15) is 0 Å². The zero-order valence-electron chi connectivity index (χ0n) is 13.9. The van der Waals surface area contributed by atoms with Crippen molar-refractivity contribution in [1.29, 1.82) is 0 Å². The molecule has 1 aliphatic carbocycles. The zero-order valence-corrected chi connectivity index (χ0v) is 13.9. The van der Waals surface area contributed by atoms with Crippen molar-refractivity contribution in [2.24, 2.45) is 17.8 Å². The van der Waals surface area contributed by atoms with E-state index in [4.69, 9.17) is 9.47 Å². The molecule has 3 heteroatoms. The van der Waals surface area contributed by atoms with Crippen LogP contribution in [-0.2, 0) is 9.47 Å². The average Bonchev–Trinajstić information content (AvgIpc) is 2.87. The lowest BCUT2D eigenvalue weighted by atomic mass is 9.74. The van der Waals surface area contributed by atoms with Crippen molar-refractivity contribution in [1.82, 2.24) is 4.90 Å². The predicted molar refractivity (Wildman–Crippen MR) is 85.1 cm³/mol. The van der Waals surface area contributed by atoms with Crippen LogP contribution < -0.4 is 0 Å². The number of ether oxygens (including phenoxy) is 2. The second-order valence-electron chi connectivity index (χ2n) is 7.45. The summed E-state index contributed by atoms with van der Waals surface area (Å²) in [6.45, 7) is 11.2. The highest BCUT2D eigenvalue weighted by Gasteiger charge is 2.40. The van der Waals surface area contributed by atoms with E-state index in [0.717, 1.165) is 13.2 Å². The summed E-state index contributed by atoms with van der Waals surface area (Å²) in [5, 5.41) is 0. The molecule has 0 aromatic rings. The van der Waals surface area contributed by atoms with Crippen LogP contribution >= 0.6 is 0 Å². The quantitative estimate of drug-likeness (QED) is 0.744. The van der Waals surface area contributed by atoms with E-state index in [0.29, 0.717) is 17.8 Å². The van der Waals surface area contributed by atoms with Gasteiger partial charge in [0.2, 0.25) is 0 Å². The van der Waals surface area contributed by atoms with Crippen LogP contribution in [0.1, 0.15) is 46.5 Å². The topological polar surface area (TPSA) is 21.7 Å². The van der Waals surface area contributed by atoms with Gasteiger partial charge in [0.25, 0.3) is 0 Å². The van der Waals surface area contributed by atoms with Crippen molar-refractivity contribution in [3.8, 4) is 0 Å². The van der Waals surface area contributed by atoms with E-state index < -0.39 is 0 Å². The van der Waals surface area contributed by atoms with Gasteiger partial charge in [-0.2, -0.15) is 0 Å². The van der Waals surface area contributed by atoms with Gasteiger partial charge in [-0.25, -0.2) is 0 Å². The molecule has 0 saturated carbocycles. The van der Waals surface area contributed by atoms with Crippen molar-refractivity contribution in [3.05, 3.63) is 11.6 Å². The molecule has 0 unspecified atom stereocenters. The molecular formula is C18H31NO2. The van der Waals surface area contributed by atoms with Gasteiger partial charge in [0.15, 0.2) is 6.29 Å². The molecule has 0 aromatic carbocycles. The summed E-state index contributed by atoms with van der Waals surface area (Å²) in [6, 6.07) is 0. The van der Waals surface area contributed by atoms with E-state index in [2.05, 4.69) is 31.7 Å². The summed E-state index contributed by atoms with van der Waals surface area (Å²) >= 11 is 0. The summed E-state index contributed by atoms with van der Waals surface area (Å²) in [5.74, 6) is 1.73. The molecule has 2 aliphatic heterocycles. The molecule has 2 fully saturated rings. The van der Waals surface area contributed by atoms with Gasteiger partial charge in [0, 0.05) is 12.5 Å². The Morgan fingerprint density at radius 1 is 1.19 bits per heavy atom. The molecule has 120 valence electrons. The maximum atomic E-state index is 6.29. The first-order valence-electron chi connectivity index (χ1n) is 8.80. The lowest BCUT2D eigenvalue weighted by molar-refractivity contribution is -0.123. The van der Waals surface area contributed by atoms with E-state index in [1.54, 1.807) is 0 Å². The summed E-state index contributed by atoms with van der Waals surface area (Å²) in [4.78, 5) is 2.55. The fraction of sp³-hybridized carbons (Fsp3) is 0.889. The first kappa shape index (κ1) is 15.5. The number of piperidine rings is 1. The van der Waals surface area contributed by atoms with Crippen molar-refractivity contribution in [2.45, 2.75) is 58.8 Å². The number of rotatable bonds is 3. The SMILES string of the molecule is CC1=C[C@H](C)[C@@H]([C@@H]2OC[C@H](CN3CCCCC3)O2)[C@H](C)C1. The smallest absolute Gasteiger partial charge is 0.161 e. The Balaban J connectivity index is 1.54. The maximum Gasteiger partial charge on any atom is 0.161 e. The van der Waals surface area contributed by atoms with Crippen LogP contribution in [-0.4, -0.2) is 43.5 Å². The van der Waals surface area contributed by atoms with Gasteiger partial charge in [-0.1, -0.05) is 31.9 Å². The van der Waals surface area contributed by atoms with Gasteiger partial charge in [-0.15, -0.1) is 0 Å². The summed E-state index contributed by atoms with van der Waals surface area (Å²) < 4.78 is 12.3. The van der Waals surface area contributed by atoms with Crippen molar-refractivity contribution in [3.63, 3.8) is 0 Å². The Hall–Kier alpha value is -0.380. The average molecular weight is 293 g/mol. The van der Waals surface area contributed by atoms with Crippen molar-refractivity contribution >= 4 is 0 Å². The molecule has 2 saturated heterocycles. The molecule has 0 aromatic heterocycles. The third-order valence-corrected chi connectivity index (χ3v) is 5.45. The van der Waals surface area contributed by atoms with Gasteiger partial charge in [-0.05, 0) is 51.1 Å². The Labute approximate surface area is 129 Å². The molecule has 3 rings (SSSR count). The Morgan fingerprint density at radius 2 is 1.95 bits per heavy atom. The van der Waals surface area contributed by atoms with Gasteiger partial charge in [0.1, 0.15) is 0 Å². The second-order valence-corrected chi connectivity index (χ2v) is 7.45. The van der Waals surface area contributed by atoms with Gasteiger partial charge < -0.3 is 14.4 Å². The largest absolute Gasteiger partial charge is 0.350 e. The molecule has 0 radical (unpaired) electrons.